The maximum atomic E-state index is 11.2. The Morgan fingerprint density at radius 1 is 1.25 bits per heavy atom. The summed E-state index contributed by atoms with van der Waals surface area (Å²) < 4.78 is 22.5. The molecule has 0 heterocycles. The van der Waals surface area contributed by atoms with Crippen molar-refractivity contribution in [2.24, 2.45) is 0 Å². The molecular formula is C8H6ClO2S. The Labute approximate surface area is 76.4 Å². The fraction of sp³-hybridized carbons (Fsp3) is 0. The molecule has 0 bridgehead atoms. The fourth-order valence-electron chi connectivity index (χ4n) is 0.737. The lowest BCUT2D eigenvalue weighted by Crippen LogP contribution is -1.94. The number of hydrogen-bond donors (Lipinski definition) is 0. The van der Waals surface area contributed by atoms with Crippen LogP contribution in [0.3, 0.4) is 0 Å². The Kier molecular flexibility index (Phi) is 2.89. The fourth-order valence-corrected chi connectivity index (χ4v) is 1.88. The van der Waals surface area contributed by atoms with Gasteiger partial charge in [-0.05, 0) is 12.1 Å². The number of hydrogen-bond acceptors (Lipinski definition) is 2. The maximum absolute atomic E-state index is 11.2. The molecule has 0 amide bonds. The first-order valence-corrected chi connectivity index (χ1v) is 5.09. The smallest absolute Gasteiger partial charge is 0.201 e. The highest BCUT2D eigenvalue weighted by Gasteiger charge is 2.07. The molecule has 0 saturated heterocycles. The standard InChI is InChI=1S/C8H6ClO2S/c9-6-7-12(10,11)8-4-2-1-3-5-8/h1-5,7H. The van der Waals surface area contributed by atoms with Gasteiger partial charge < -0.3 is 0 Å². The highest BCUT2D eigenvalue weighted by molar-refractivity contribution is 7.94. The quantitative estimate of drug-likeness (QED) is 0.733. The van der Waals surface area contributed by atoms with Gasteiger partial charge >= 0.3 is 0 Å². The van der Waals surface area contributed by atoms with E-state index in [1.807, 2.05) is 5.54 Å². The van der Waals surface area contributed by atoms with Gasteiger partial charge in [0.1, 0.15) is 0 Å². The number of halogens is 1. The predicted molar refractivity (Wildman–Crippen MR) is 47.3 cm³/mol. The SMILES string of the molecule is O=S(=O)(/C=[C]/Cl)c1ccccc1. The third-order valence-corrected chi connectivity index (χ3v) is 2.87. The molecule has 1 rings (SSSR count). The van der Waals surface area contributed by atoms with Crippen LogP contribution in [0.2, 0.25) is 0 Å². The van der Waals surface area contributed by atoms with Crippen molar-refractivity contribution in [1.82, 2.24) is 0 Å². The van der Waals surface area contributed by atoms with Crippen LogP contribution in [0, 0.1) is 5.54 Å². The van der Waals surface area contributed by atoms with Gasteiger partial charge in [-0.25, -0.2) is 8.42 Å². The second-order valence-electron chi connectivity index (χ2n) is 2.09. The summed E-state index contributed by atoms with van der Waals surface area (Å²) in [7, 11) is -3.38. The summed E-state index contributed by atoms with van der Waals surface area (Å²) in [5, 5.41) is 0.837. The average molecular weight is 202 g/mol. The molecule has 12 heavy (non-hydrogen) atoms. The summed E-state index contributed by atoms with van der Waals surface area (Å²) >= 11 is 5.05. The van der Waals surface area contributed by atoms with Crippen molar-refractivity contribution < 1.29 is 8.42 Å². The number of rotatable bonds is 2. The van der Waals surface area contributed by atoms with E-state index in [9.17, 15) is 8.42 Å². The van der Waals surface area contributed by atoms with Crippen LogP contribution in [-0.2, 0) is 9.84 Å². The van der Waals surface area contributed by atoms with Gasteiger partial charge in [0.15, 0.2) is 0 Å². The summed E-state index contributed by atoms with van der Waals surface area (Å²) in [6.07, 6.45) is 0. The van der Waals surface area contributed by atoms with Crippen molar-refractivity contribution in [3.05, 3.63) is 41.3 Å². The van der Waals surface area contributed by atoms with Gasteiger partial charge in [-0.1, -0.05) is 29.8 Å². The van der Waals surface area contributed by atoms with E-state index in [4.69, 9.17) is 11.6 Å². The highest BCUT2D eigenvalue weighted by Crippen LogP contribution is 2.10. The molecule has 0 aliphatic heterocycles. The summed E-state index contributed by atoms with van der Waals surface area (Å²) in [6, 6.07) is 8.04. The molecule has 0 aliphatic rings. The molecule has 0 aromatic heterocycles. The normalized spacial score (nSPS) is 12.1. The minimum absolute atomic E-state index is 0.221. The molecular weight excluding hydrogens is 196 g/mol. The Morgan fingerprint density at radius 2 is 1.83 bits per heavy atom. The highest BCUT2D eigenvalue weighted by atomic mass is 35.5. The van der Waals surface area contributed by atoms with Crippen molar-refractivity contribution >= 4 is 21.4 Å². The van der Waals surface area contributed by atoms with Gasteiger partial charge in [-0.15, -0.1) is 0 Å². The van der Waals surface area contributed by atoms with Crippen LogP contribution in [0.1, 0.15) is 0 Å². The molecule has 0 unspecified atom stereocenters. The summed E-state index contributed by atoms with van der Waals surface area (Å²) in [5.74, 6) is 0. The van der Waals surface area contributed by atoms with E-state index in [1.165, 1.54) is 12.1 Å². The Hall–Kier alpha value is -0.800. The van der Waals surface area contributed by atoms with E-state index >= 15 is 0 Å². The van der Waals surface area contributed by atoms with E-state index < -0.39 is 9.84 Å². The van der Waals surface area contributed by atoms with Crippen molar-refractivity contribution in [3.8, 4) is 0 Å². The summed E-state index contributed by atoms with van der Waals surface area (Å²) in [6.45, 7) is 0. The lowest BCUT2D eigenvalue weighted by molar-refractivity contribution is 0.604. The van der Waals surface area contributed by atoms with Crippen molar-refractivity contribution in [2.75, 3.05) is 0 Å². The Bertz CT molecular complexity index is 367. The van der Waals surface area contributed by atoms with Crippen LogP contribution >= 0.6 is 11.6 Å². The third-order valence-electron chi connectivity index (χ3n) is 1.27. The molecule has 0 spiro atoms. The molecule has 63 valence electrons. The van der Waals surface area contributed by atoms with Gasteiger partial charge in [0.05, 0.1) is 15.8 Å². The first kappa shape index (κ1) is 9.29. The van der Waals surface area contributed by atoms with Crippen molar-refractivity contribution in [2.45, 2.75) is 4.90 Å². The van der Waals surface area contributed by atoms with E-state index in [0.717, 1.165) is 5.41 Å². The van der Waals surface area contributed by atoms with Gasteiger partial charge in [0, 0.05) is 0 Å². The van der Waals surface area contributed by atoms with Gasteiger partial charge in [-0.3, -0.25) is 0 Å². The van der Waals surface area contributed by atoms with E-state index in [-0.39, 0.29) is 4.90 Å². The first-order chi connectivity index (χ1) is 5.67. The second-order valence-corrected chi connectivity index (χ2v) is 4.10. The zero-order chi connectivity index (χ0) is 9.03. The molecule has 0 aliphatic carbocycles. The zero-order valence-corrected chi connectivity index (χ0v) is 7.64. The van der Waals surface area contributed by atoms with E-state index in [1.54, 1.807) is 18.2 Å². The largest absolute Gasteiger partial charge is 0.219 e. The molecule has 0 N–H and O–H groups in total. The Morgan fingerprint density at radius 3 is 2.33 bits per heavy atom. The first-order valence-electron chi connectivity index (χ1n) is 3.16. The van der Waals surface area contributed by atoms with Crippen LogP contribution < -0.4 is 0 Å². The maximum Gasteiger partial charge on any atom is 0.201 e. The van der Waals surface area contributed by atoms with Gasteiger partial charge in [0.25, 0.3) is 0 Å². The molecule has 1 radical (unpaired) electrons. The van der Waals surface area contributed by atoms with Crippen LogP contribution in [0.4, 0.5) is 0 Å². The molecule has 4 heteroatoms. The molecule has 0 atom stereocenters. The van der Waals surface area contributed by atoms with Crippen LogP contribution in [0.15, 0.2) is 40.6 Å². The van der Waals surface area contributed by atoms with Crippen LogP contribution in [-0.4, -0.2) is 8.42 Å². The summed E-state index contributed by atoms with van der Waals surface area (Å²) in [5.41, 5.74) is 1.97. The van der Waals surface area contributed by atoms with Crippen LogP contribution in [0.5, 0.6) is 0 Å². The van der Waals surface area contributed by atoms with Gasteiger partial charge in [-0.2, -0.15) is 0 Å². The van der Waals surface area contributed by atoms with Crippen molar-refractivity contribution in [3.63, 3.8) is 0 Å². The van der Waals surface area contributed by atoms with E-state index in [0.29, 0.717) is 0 Å². The zero-order valence-electron chi connectivity index (χ0n) is 6.07. The number of sulfone groups is 1. The third kappa shape index (κ3) is 2.09. The molecule has 2 nitrogen and oxygen atoms in total. The predicted octanol–water partition coefficient (Wildman–Crippen LogP) is 1.97. The molecule has 1 aromatic rings. The van der Waals surface area contributed by atoms with E-state index in [2.05, 4.69) is 0 Å². The average Bonchev–Trinajstić information content (AvgIpc) is 2.06. The second kappa shape index (κ2) is 3.74. The minimum Gasteiger partial charge on any atom is -0.219 e. The minimum atomic E-state index is -3.38. The Balaban J connectivity index is 3.16. The lowest BCUT2D eigenvalue weighted by Gasteiger charge is -1.95. The lowest BCUT2D eigenvalue weighted by atomic mass is 10.4. The topological polar surface area (TPSA) is 34.1 Å². The summed E-state index contributed by atoms with van der Waals surface area (Å²) in [4.78, 5) is 0.221. The number of benzene rings is 1. The molecule has 0 saturated carbocycles. The van der Waals surface area contributed by atoms with Crippen molar-refractivity contribution in [1.29, 1.82) is 0 Å². The van der Waals surface area contributed by atoms with Crippen LogP contribution in [0.25, 0.3) is 0 Å². The monoisotopic (exact) mass is 201 g/mol. The molecule has 1 aromatic carbocycles. The molecule has 0 fully saturated rings. The van der Waals surface area contributed by atoms with Gasteiger partial charge in [0.2, 0.25) is 9.84 Å².